The SMILES string of the molecule is CC(C)Oc1ccc(C=NN=C2NC(=O)CS2)cc1Cn1ccnc1. The monoisotopic (exact) mass is 357 g/mol. The van der Waals surface area contributed by atoms with Crippen molar-refractivity contribution in [3.8, 4) is 5.75 Å². The summed E-state index contributed by atoms with van der Waals surface area (Å²) in [6.07, 6.45) is 7.18. The lowest BCUT2D eigenvalue weighted by atomic mass is 10.1. The summed E-state index contributed by atoms with van der Waals surface area (Å²) in [7, 11) is 0. The summed E-state index contributed by atoms with van der Waals surface area (Å²) >= 11 is 1.35. The summed E-state index contributed by atoms with van der Waals surface area (Å²) in [6, 6.07) is 5.88. The molecule has 1 N–H and O–H groups in total. The summed E-state index contributed by atoms with van der Waals surface area (Å²) in [4.78, 5) is 15.2. The van der Waals surface area contributed by atoms with E-state index in [0.29, 0.717) is 17.5 Å². The maximum Gasteiger partial charge on any atom is 0.236 e. The van der Waals surface area contributed by atoms with E-state index in [9.17, 15) is 4.79 Å². The Balaban J connectivity index is 1.79. The lowest BCUT2D eigenvalue weighted by molar-refractivity contribution is -0.116. The molecule has 25 heavy (non-hydrogen) atoms. The summed E-state index contributed by atoms with van der Waals surface area (Å²) < 4.78 is 7.87. The predicted octanol–water partition coefficient (Wildman–Crippen LogP) is 2.27. The maximum absolute atomic E-state index is 11.1. The molecule has 0 radical (unpaired) electrons. The van der Waals surface area contributed by atoms with Crippen LogP contribution in [0.3, 0.4) is 0 Å². The smallest absolute Gasteiger partial charge is 0.236 e. The van der Waals surface area contributed by atoms with Crippen molar-refractivity contribution < 1.29 is 9.53 Å². The van der Waals surface area contributed by atoms with Gasteiger partial charge in [-0.2, -0.15) is 5.10 Å². The number of hydrogen-bond acceptors (Lipinski definition) is 6. The van der Waals surface area contributed by atoms with Crippen molar-refractivity contribution in [3.63, 3.8) is 0 Å². The first kappa shape index (κ1) is 17.2. The molecular formula is C17H19N5O2S. The minimum absolute atomic E-state index is 0.0447. The topological polar surface area (TPSA) is 80.9 Å². The van der Waals surface area contributed by atoms with Crippen molar-refractivity contribution in [1.29, 1.82) is 0 Å². The highest BCUT2D eigenvalue weighted by atomic mass is 32.2. The number of ether oxygens (including phenoxy) is 1. The Morgan fingerprint density at radius 1 is 1.48 bits per heavy atom. The second-order valence-electron chi connectivity index (χ2n) is 5.76. The Labute approximate surface area is 150 Å². The van der Waals surface area contributed by atoms with Crippen LogP contribution in [0.5, 0.6) is 5.75 Å². The first-order chi connectivity index (χ1) is 12.1. The van der Waals surface area contributed by atoms with Crippen LogP contribution in [0.4, 0.5) is 0 Å². The van der Waals surface area contributed by atoms with Gasteiger partial charge in [0.1, 0.15) is 5.75 Å². The van der Waals surface area contributed by atoms with Gasteiger partial charge in [-0.3, -0.25) is 4.79 Å². The van der Waals surface area contributed by atoms with Gasteiger partial charge in [-0.05, 0) is 37.6 Å². The number of nitrogens with one attached hydrogen (secondary N) is 1. The van der Waals surface area contributed by atoms with Gasteiger partial charge in [-0.25, -0.2) is 4.98 Å². The maximum atomic E-state index is 11.1. The second-order valence-corrected chi connectivity index (χ2v) is 6.72. The second kappa shape index (κ2) is 7.98. The predicted molar refractivity (Wildman–Crippen MR) is 99.2 cm³/mol. The number of imidazole rings is 1. The molecule has 0 unspecified atom stereocenters. The fraction of sp³-hybridized carbons (Fsp3) is 0.294. The molecule has 1 aliphatic rings. The van der Waals surface area contributed by atoms with E-state index in [-0.39, 0.29) is 12.0 Å². The molecule has 1 saturated heterocycles. The standard InChI is InChI=1S/C17H19N5O2S/c1-12(2)24-15-4-3-13(7-14(15)9-22-6-5-18-11-22)8-19-21-17-20-16(23)10-25-17/h3-8,11-12H,9-10H2,1-2H3,(H,20,21,23). The van der Waals surface area contributed by atoms with Crippen molar-refractivity contribution in [2.24, 2.45) is 10.2 Å². The van der Waals surface area contributed by atoms with Crippen LogP contribution in [0.2, 0.25) is 0 Å². The molecule has 0 saturated carbocycles. The van der Waals surface area contributed by atoms with Crippen molar-refractivity contribution in [2.45, 2.75) is 26.5 Å². The van der Waals surface area contributed by atoms with E-state index in [1.807, 2.05) is 42.8 Å². The average molecular weight is 357 g/mol. The first-order valence-electron chi connectivity index (χ1n) is 7.89. The van der Waals surface area contributed by atoms with Gasteiger partial charge < -0.3 is 14.6 Å². The molecular weight excluding hydrogens is 338 g/mol. The van der Waals surface area contributed by atoms with Gasteiger partial charge in [-0.1, -0.05) is 11.8 Å². The Hall–Kier alpha value is -2.61. The van der Waals surface area contributed by atoms with Crippen LogP contribution in [0.1, 0.15) is 25.0 Å². The third-order valence-electron chi connectivity index (χ3n) is 3.30. The summed E-state index contributed by atoms with van der Waals surface area (Å²) in [5, 5.41) is 11.2. The Morgan fingerprint density at radius 3 is 3.04 bits per heavy atom. The lowest BCUT2D eigenvalue weighted by Crippen LogP contribution is -2.19. The summed E-state index contributed by atoms with van der Waals surface area (Å²) in [6.45, 7) is 4.66. The van der Waals surface area contributed by atoms with Gasteiger partial charge >= 0.3 is 0 Å². The minimum atomic E-state index is -0.0447. The molecule has 7 nitrogen and oxygen atoms in total. The zero-order chi connectivity index (χ0) is 17.6. The van der Waals surface area contributed by atoms with E-state index in [1.54, 1.807) is 18.7 Å². The molecule has 1 fully saturated rings. The molecule has 2 heterocycles. The zero-order valence-electron chi connectivity index (χ0n) is 14.0. The number of thioether (sulfide) groups is 1. The van der Waals surface area contributed by atoms with Gasteiger partial charge in [0.05, 0.1) is 30.9 Å². The molecule has 130 valence electrons. The molecule has 8 heteroatoms. The Morgan fingerprint density at radius 2 is 2.36 bits per heavy atom. The Bertz CT molecular complexity index is 799. The number of benzene rings is 1. The molecule has 1 aliphatic heterocycles. The minimum Gasteiger partial charge on any atom is -0.491 e. The number of amides is 1. The number of carbonyl (C=O) groups is 1. The van der Waals surface area contributed by atoms with Gasteiger partial charge in [-0.15, -0.1) is 5.10 Å². The third kappa shape index (κ3) is 4.93. The van der Waals surface area contributed by atoms with Gasteiger partial charge in [0.15, 0.2) is 5.17 Å². The van der Waals surface area contributed by atoms with Crippen molar-refractivity contribution >= 4 is 29.1 Å². The molecule has 0 bridgehead atoms. The largest absolute Gasteiger partial charge is 0.491 e. The number of carbonyl (C=O) groups excluding carboxylic acids is 1. The van der Waals surface area contributed by atoms with Crippen molar-refractivity contribution in [1.82, 2.24) is 14.9 Å². The highest BCUT2D eigenvalue weighted by Crippen LogP contribution is 2.22. The van der Waals surface area contributed by atoms with E-state index in [2.05, 4.69) is 20.5 Å². The average Bonchev–Trinajstić information content (AvgIpc) is 3.21. The molecule has 1 aromatic heterocycles. The van der Waals surface area contributed by atoms with E-state index in [0.717, 1.165) is 16.9 Å². The highest BCUT2D eigenvalue weighted by Gasteiger charge is 2.16. The molecule has 0 atom stereocenters. The number of rotatable bonds is 6. The summed E-state index contributed by atoms with van der Waals surface area (Å²) in [5.74, 6) is 1.19. The van der Waals surface area contributed by atoms with Crippen LogP contribution < -0.4 is 10.1 Å². The van der Waals surface area contributed by atoms with Gasteiger partial charge in [0.25, 0.3) is 0 Å². The normalized spacial score (nSPS) is 16.1. The Kier molecular flexibility index (Phi) is 5.49. The molecule has 3 rings (SSSR count). The van der Waals surface area contributed by atoms with Crippen LogP contribution in [0, 0.1) is 0 Å². The van der Waals surface area contributed by atoms with E-state index >= 15 is 0 Å². The van der Waals surface area contributed by atoms with Crippen molar-refractivity contribution in [3.05, 3.63) is 48.0 Å². The van der Waals surface area contributed by atoms with Crippen LogP contribution >= 0.6 is 11.8 Å². The molecule has 1 aromatic carbocycles. The first-order valence-corrected chi connectivity index (χ1v) is 8.88. The van der Waals surface area contributed by atoms with Gasteiger partial charge in [0, 0.05) is 18.0 Å². The van der Waals surface area contributed by atoms with Crippen LogP contribution in [0.25, 0.3) is 0 Å². The zero-order valence-corrected chi connectivity index (χ0v) is 14.9. The third-order valence-corrected chi connectivity index (χ3v) is 4.16. The van der Waals surface area contributed by atoms with E-state index in [1.165, 1.54) is 11.8 Å². The van der Waals surface area contributed by atoms with Crippen LogP contribution in [-0.4, -0.2) is 38.7 Å². The highest BCUT2D eigenvalue weighted by molar-refractivity contribution is 8.15. The quantitative estimate of drug-likeness (QED) is 0.635. The lowest BCUT2D eigenvalue weighted by Gasteiger charge is -2.15. The number of nitrogens with zero attached hydrogens (tertiary/aromatic N) is 4. The number of hydrogen-bond donors (Lipinski definition) is 1. The van der Waals surface area contributed by atoms with E-state index < -0.39 is 0 Å². The van der Waals surface area contributed by atoms with Gasteiger partial charge in [0.2, 0.25) is 5.91 Å². The molecule has 0 spiro atoms. The van der Waals surface area contributed by atoms with Crippen LogP contribution in [-0.2, 0) is 11.3 Å². The molecule has 0 aliphatic carbocycles. The van der Waals surface area contributed by atoms with Crippen molar-refractivity contribution in [2.75, 3.05) is 5.75 Å². The van der Waals surface area contributed by atoms with E-state index in [4.69, 9.17) is 4.74 Å². The summed E-state index contributed by atoms with van der Waals surface area (Å²) in [5.41, 5.74) is 1.94. The fourth-order valence-electron chi connectivity index (χ4n) is 2.28. The van der Waals surface area contributed by atoms with Crippen LogP contribution in [0.15, 0.2) is 47.1 Å². The number of amidine groups is 1. The molecule has 2 aromatic rings. The fourth-order valence-corrected chi connectivity index (χ4v) is 2.91. The number of aromatic nitrogens is 2. The molecule has 1 amide bonds.